The number of hydrogen-bond donors (Lipinski definition) is 1. The number of aliphatic imine (C=N–C) groups is 1. The molecule has 0 saturated heterocycles. The highest BCUT2D eigenvalue weighted by molar-refractivity contribution is 7.09. The fourth-order valence-corrected chi connectivity index (χ4v) is 2.33. The summed E-state index contributed by atoms with van der Waals surface area (Å²) in [5, 5.41) is 2.11. The van der Waals surface area contributed by atoms with Gasteiger partial charge in [0, 0.05) is 17.2 Å². The van der Waals surface area contributed by atoms with Gasteiger partial charge in [-0.2, -0.15) is 0 Å². The molecule has 76 valence electrons. The molecule has 1 aliphatic carbocycles. The first-order chi connectivity index (χ1) is 6.75. The van der Waals surface area contributed by atoms with Crippen molar-refractivity contribution in [3.05, 3.63) is 22.4 Å². The molecule has 14 heavy (non-hydrogen) atoms. The molecule has 3 heteroatoms. The van der Waals surface area contributed by atoms with Crippen LogP contribution in [0.15, 0.2) is 22.5 Å². The van der Waals surface area contributed by atoms with E-state index in [2.05, 4.69) is 29.4 Å². The molecule has 1 aromatic rings. The summed E-state index contributed by atoms with van der Waals surface area (Å²) < 4.78 is 0. The smallest absolute Gasteiger partial charge is 0.0971 e. The molecule has 0 bridgehead atoms. The van der Waals surface area contributed by atoms with E-state index in [-0.39, 0.29) is 0 Å². The van der Waals surface area contributed by atoms with Crippen LogP contribution < -0.4 is 5.73 Å². The Balaban J connectivity index is 1.89. The van der Waals surface area contributed by atoms with Crippen LogP contribution in [0.5, 0.6) is 0 Å². The summed E-state index contributed by atoms with van der Waals surface area (Å²) in [5.41, 5.74) is 5.86. The van der Waals surface area contributed by atoms with Crippen molar-refractivity contribution in [2.75, 3.05) is 0 Å². The summed E-state index contributed by atoms with van der Waals surface area (Å²) in [4.78, 5) is 5.91. The van der Waals surface area contributed by atoms with Gasteiger partial charge in [0.05, 0.1) is 11.9 Å². The second kappa shape index (κ2) is 4.13. The zero-order chi connectivity index (χ0) is 9.97. The lowest BCUT2D eigenvalue weighted by Crippen LogP contribution is -2.18. The summed E-state index contributed by atoms with van der Waals surface area (Å²) in [6.45, 7) is 2.13. The Morgan fingerprint density at radius 1 is 1.71 bits per heavy atom. The van der Waals surface area contributed by atoms with Crippen LogP contribution in [0.2, 0.25) is 0 Å². The maximum Gasteiger partial charge on any atom is 0.0971 e. The molecular formula is C11H16N2S. The van der Waals surface area contributed by atoms with Crippen LogP contribution in [-0.2, 0) is 6.42 Å². The predicted molar refractivity (Wildman–Crippen MR) is 61.8 cm³/mol. The number of nitrogens with two attached hydrogens (primary N) is 1. The topological polar surface area (TPSA) is 38.4 Å². The summed E-state index contributed by atoms with van der Waals surface area (Å²) in [5.74, 6) is 1.47. The van der Waals surface area contributed by atoms with Crippen LogP contribution in [0.3, 0.4) is 0 Å². The molecule has 0 aliphatic heterocycles. The molecule has 0 aromatic carbocycles. The standard InChI is InChI=1S/C11H16N2S/c1-8(7-10-3-2-6-14-10)13-11(12)9-4-5-9/h2-3,6,8-9H,4-5,7H2,1H3,(H2,12,13). The predicted octanol–water partition coefficient (Wildman–Crippen LogP) is 2.45. The van der Waals surface area contributed by atoms with Crippen molar-refractivity contribution in [2.45, 2.75) is 32.2 Å². The first-order valence-electron chi connectivity index (χ1n) is 5.11. The maximum atomic E-state index is 5.86. The molecule has 1 saturated carbocycles. The van der Waals surface area contributed by atoms with E-state index in [1.54, 1.807) is 11.3 Å². The van der Waals surface area contributed by atoms with Crippen LogP contribution in [0.25, 0.3) is 0 Å². The van der Waals surface area contributed by atoms with Gasteiger partial charge in [0.15, 0.2) is 0 Å². The van der Waals surface area contributed by atoms with Gasteiger partial charge in [-0.05, 0) is 31.2 Å². The SMILES string of the molecule is CC(Cc1cccs1)N=C(N)C1CC1. The molecule has 1 aromatic heterocycles. The van der Waals surface area contributed by atoms with Crippen molar-refractivity contribution in [2.24, 2.45) is 16.6 Å². The van der Waals surface area contributed by atoms with Crippen molar-refractivity contribution in [1.29, 1.82) is 0 Å². The van der Waals surface area contributed by atoms with Crippen LogP contribution in [-0.4, -0.2) is 11.9 Å². The molecule has 1 heterocycles. The van der Waals surface area contributed by atoms with Crippen molar-refractivity contribution >= 4 is 17.2 Å². The fourth-order valence-electron chi connectivity index (χ4n) is 1.50. The van der Waals surface area contributed by atoms with E-state index in [1.807, 2.05) is 0 Å². The Morgan fingerprint density at radius 2 is 2.50 bits per heavy atom. The number of hydrogen-bond acceptors (Lipinski definition) is 2. The lowest BCUT2D eigenvalue weighted by molar-refractivity contribution is 0.741. The van der Waals surface area contributed by atoms with Gasteiger partial charge in [0.25, 0.3) is 0 Å². The fraction of sp³-hybridized carbons (Fsp3) is 0.545. The van der Waals surface area contributed by atoms with E-state index in [4.69, 9.17) is 5.73 Å². The average molecular weight is 208 g/mol. The first-order valence-corrected chi connectivity index (χ1v) is 5.99. The molecule has 2 nitrogen and oxygen atoms in total. The van der Waals surface area contributed by atoms with Crippen LogP contribution in [0.1, 0.15) is 24.6 Å². The van der Waals surface area contributed by atoms with Crippen LogP contribution >= 0.6 is 11.3 Å². The summed E-state index contributed by atoms with van der Waals surface area (Å²) in [6, 6.07) is 4.57. The molecular weight excluding hydrogens is 192 g/mol. The normalized spacial score (nSPS) is 19.6. The minimum absolute atomic E-state index is 0.328. The third-order valence-corrected chi connectivity index (χ3v) is 3.34. The third-order valence-electron chi connectivity index (χ3n) is 2.44. The number of rotatable bonds is 4. The van der Waals surface area contributed by atoms with Crippen LogP contribution in [0.4, 0.5) is 0 Å². The Labute approximate surface area is 88.9 Å². The molecule has 1 atom stereocenters. The Kier molecular flexibility index (Phi) is 2.87. The van der Waals surface area contributed by atoms with E-state index in [0.717, 1.165) is 12.3 Å². The molecule has 1 aliphatic rings. The van der Waals surface area contributed by atoms with E-state index in [0.29, 0.717) is 12.0 Å². The molecule has 0 spiro atoms. The highest BCUT2D eigenvalue weighted by atomic mass is 32.1. The molecule has 1 fully saturated rings. The van der Waals surface area contributed by atoms with Crippen LogP contribution in [0, 0.1) is 5.92 Å². The van der Waals surface area contributed by atoms with E-state index < -0.39 is 0 Å². The summed E-state index contributed by atoms with van der Waals surface area (Å²) in [7, 11) is 0. The van der Waals surface area contributed by atoms with E-state index in [9.17, 15) is 0 Å². The van der Waals surface area contributed by atoms with Crippen molar-refractivity contribution in [3.63, 3.8) is 0 Å². The molecule has 2 N–H and O–H groups in total. The Hall–Kier alpha value is -0.830. The van der Waals surface area contributed by atoms with Gasteiger partial charge in [0.2, 0.25) is 0 Å². The van der Waals surface area contributed by atoms with E-state index in [1.165, 1.54) is 17.7 Å². The highest BCUT2D eigenvalue weighted by Crippen LogP contribution is 2.29. The lowest BCUT2D eigenvalue weighted by atomic mass is 10.2. The lowest BCUT2D eigenvalue weighted by Gasteiger charge is -2.06. The second-order valence-corrected chi connectivity index (χ2v) is 4.99. The minimum atomic E-state index is 0.328. The van der Waals surface area contributed by atoms with Gasteiger partial charge in [0.1, 0.15) is 0 Å². The number of amidine groups is 1. The first kappa shape index (κ1) is 9.71. The molecule has 2 rings (SSSR count). The van der Waals surface area contributed by atoms with Gasteiger partial charge in [-0.3, -0.25) is 4.99 Å². The van der Waals surface area contributed by atoms with Gasteiger partial charge >= 0.3 is 0 Å². The van der Waals surface area contributed by atoms with Crippen molar-refractivity contribution in [3.8, 4) is 0 Å². The summed E-state index contributed by atoms with van der Waals surface area (Å²) in [6.07, 6.45) is 3.49. The Bertz CT molecular complexity index is 312. The van der Waals surface area contributed by atoms with Gasteiger partial charge < -0.3 is 5.73 Å². The van der Waals surface area contributed by atoms with Gasteiger partial charge in [-0.15, -0.1) is 11.3 Å². The minimum Gasteiger partial charge on any atom is -0.387 e. The monoisotopic (exact) mass is 208 g/mol. The average Bonchev–Trinajstić information content (AvgIpc) is 2.87. The van der Waals surface area contributed by atoms with Gasteiger partial charge in [-0.25, -0.2) is 0 Å². The Morgan fingerprint density at radius 3 is 3.07 bits per heavy atom. The van der Waals surface area contributed by atoms with Crippen molar-refractivity contribution in [1.82, 2.24) is 0 Å². The molecule has 0 radical (unpaired) electrons. The molecule has 0 amide bonds. The van der Waals surface area contributed by atoms with E-state index >= 15 is 0 Å². The molecule has 1 unspecified atom stereocenters. The zero-order valence-electron chi connectivity index (χ0n) is 8.44. The highest BCUT2D eigenvalue weighted by Gasteiger charge is 2.25. The van der Waals surface area contributed by atoms with Gasteiger partial charge in [-0.1, -0.05) is 6.07 Å². The largest absolute Gasteiger partial charge is 0.387 e. The summed E-state index contributed by atoms with van der Waals surface area (Å²) >= 11 is 1.79. The third kappa shape index (κ3) is 2.58. The quantitative estimate of drug-likeness (QED) is 0.599. The number of thiophene rings is 1. The number of nitrogens with zero attached hydrogens (tertiary/aromatic N) is 1. The second-order valence-electron chi connectivity index (χ2n) is 3.96. The zero-order valence-corrected chi connectivity index (χ0v) is 9.26. The van der Waals surface area contributed by atoms with Crippen molar-refractivity contribution < 1.29 is 0 Å². The maximum absolute atomic E-state index is 5.86.